The number of rotatable bonds is 11. The molecule has 6 heteroatoms. The van der Waals surface area contributed by atoms with Crippen molar-refractivity contribution in [3.63, 3.8) is 0 Å². The van der Waals surface area contributed by atoms with Crippen LogP contribution in [0.1, 0.15) is 45.1 Å². The van der Waals surface area contributed by atoms with E-state index < -0.39 is 0 Å². The van der Waals surface area contributed by atoms with Gasteiger partial charge in [-0.15, -0.1) is 0 Å². The minimum atomic E-state index is -0.277. The van der Waals surface area contributed by atoms with Crippen molar-refractivity contribution in [2.75, 3.05) is 17.2 Å². The first-order valence-corrected chi connectivity index (χ1v) is 10.3. The zero-order valence-corrected chi connectivity index (χ0v) is 17.6. The van der Waals surface area contributed by atoms with Crippen molar-refractivity contribution in [2.45, 2.75) is 46.0 Å². The van der Waals surface area contributed by atoms with E-state index in [-0.39, 0.29) is 36.5 Å². The lowest BCUT2D eigenvalue weighted by Crippen LogP contribution is -2.17. The summed E-state index contributed by atoms with van der Waals surface area (Å²) in [5, 5.41) is 5.58. The molecule has 0 heterocycles. The highest BCUT2D eigenvalue weighted by Gasteiger charge is 2.09. The Morgan fingerprint density at radius 1 is 0.833 bits per heavy atom. The van der Waals surface area contributed by atoms with Crippen LogP contribution in [-0.4, -0.2) is 24.4 Å². The van der Waals surface area contributed by atoms with Gasteiger partial charge in [0.1, 0.15) is 0 Å². The predicted molar refractivity (Wildman–Crippen MR) is 118 cm³/mol. The lowest BCUT2D eigenvalue weighted by Gasteiger charge is -2.09. The quantitative estimate of drug-likeness (QED) is 0.420. The normalized spacial score (nSPS) is 10.5. The first-order valence-electron chi connectivity index (χ1n) is 10.3. The molecule has 0 aliphatic rings. The zero-order chi connectivity index (χ0) is 21.8. The fourth-order valence-electron chi connectivity index (χ4n) is 2.72. The molecule has 160 valence electrons. The van der Waals surface area contributed by atoms with Gasteiger partial charge in [0, 0.05) is 30.1 Å². The maximum atomic E-state index is 12.0. The summed E-state index contributed by atoms with van der Waals surface area (Å²) in [7, 11) is 0. The van der Waals surface area contributed by atoms with Crippen LogP contribution in [0, 0.1) is 5.92 Å². The van der Waals surface area contributed by atoms with Gasteiger partial charge in [-0.05, 0) is 49.1 Å². The van der Waals surface area contributed by atoms with Gasteiger partial charge in [0.05, 0.1) is 6.61 Å². The van der Waals surface area contributed by atoms with Gasteiger partial charge in [0.2, 0.25) is 11.8 Å². The number of carbonyl (C=O) groups excluding carboxylic acids is 3. The van der Waals surface area contributed by atoms with E-state index in [0.717, 1.165) is 12.8 Å². The summed E-state index contributed by atoms with van der Waals surface area (Å²) in [6.45, 7) is 4.04. The fraction of sp³-hybridized carbons (Fsp3) is 0.375. The molecule has 0 unspecified atom stereocenters. The molecule has 6 nitrogen and oxygen atoms in total. The van der Waals surface area contributed by atoms with Crippen LogP contribution in [0.4, 0.5) is 11.4 Å². The summed E-state index contributed by atoms with van der Waals surface area (Å²) in [4.78, 5) is 35.5. The number of hydrogen-bond acceptors (Lipinski definition) is 4. The highest BCUT2D eigenvalue weighted by atomic mass is 16.5. The first-order chi connectivity index (χ1) is 14.4. The van der Waals surface area contributed by atoms with Crippen molar-refractivity contribution in [3.05, 3.63) is 60.2 Å². The molecule has 0 aromatic heterocycles. The number of carbonyl (C=O) groups is 3. The summed E-state index contributed by atoms with van der Waals surface area (Å²) in [5.74, 6) is -0.592. The molecule has 0 saturated carbocycles. The predicted octanol–water partition coefficient (Wildman–Crippen LogP) is 4.57. The van der Waals surface area contributed by atoms with Crippen molar-refractivity contribution < 1.29 is 19.1 Å². The number of hydrogen-bond donors (Lipinski definition) is 2. The summed E-state index contributed by atoms with van der Waals surface area (Å²) in [5.41, 5.74) is 2.55. The zero-order valence-electron chi connectivity index (χ0n) is 17.6. The molecule has 0 saturated heterocycles. The molecule has 30 heavy (non-hydrogen) atoms. The van der Waals surface area contributed by atoms with Crippen LogP contribution in [0.25, 0.3) is 0 Å². The molecule has 0 atom stereocenters. The molecule has 0 bridgehead atoms. The van der Waals surface area contributed by atoms with Crippen LogP contribution in [0.3, 0.4) is 0 Å². The molecular weight excluding hydrogens is 380 g/mol. The Morgan fingerprint density at radius 2 is 1.47 bits per heavy atom. The molecule has 2 aromatic rings. The minimum Gasteiger partial charge on any atom is -0.466 e. The fourth-order valence-corrected chi connectivity index (χ4v) is 2.72. The number of anilines is 2. The van der Waals surface area contributed by atoms with Crippen LogP contribution in [0.5, 0.6) is 0 Å². The third-order valence-electron chi connectivity index (χ3n) is 4.46. The Labute approximate surface area is 178 Å². The van der Waals surface area contributed by atoms with Crippen molar-refractivity contribution in [3.8, 4) is 0 Å². The van der Waals surface area contributed by atoms with Crippen LogP contribution >= 0.6 is 0 Å². The van der Waals surface area contributed by atoms with Crippen molar-refractivity contribution in [1.82, 2.24) is 0 Å². The smallest absolute Gasteiger partial charge is 0.305 e. The minimum absolute atomic E-state index is 0.0567. The van der Waals surface area contributed by atoms with Gasteiger partial charge >= 0.3 is 5.97 Å². The Morgan fingerprint density at radius 3 is 2.10 bits per heavy atom. The molecule has 2 amide bonds. The third kappa shape index (κ3) is 8.90. The van der Waals surface area contributed by atoms with E-state index >= 15 is 0 Å². The molecule has 0 aliphatic heterocycles. The first kappa shape index (κ1) is 23.1. The number of benzene rings is 2. The van der Waals surface area contributed by atoms with E-state index in [0.29, 0.717) is 24.4 Å². The summed E-state index contributed by atoms with van der Waals surface area (Å²) >= 11 is 0. The molecular formula is C24H30N2O4. The van der Waals surface area contributed by atoms with Gasteiger partial charge in [0.25, 0.3) is 0 Å². The second kappa shape index (κ2) is 12.4. The van der Waals surface area contributed by atoms with E-state index in [1.165, 1.54) is 5.56 Å². The number of amides is 2. The van der Waals surface area contributed by atoms with Crippen molar-refractivity contribution in [2.24, 2.45) is 5.92 Å². The Balaban J connectivity index is 1.59. The summed E-state index contributed by atoms with van der Waals surface area (Å²) < 4.78 is 5.22. The molecule has 0 radical (unpaired) electrons. The summed E-state index contributed by atoms with van der Waals surface area (Å²) in [6.07, 6.45) is 2.55. The van der Waals surface area contributed by atoms with Gasteiger partial charge in [0.15, 0.2) is 0 Å². The van der Waals surface area contributed by atoms with Gasteiger partial charge in [-0.3, -0.25) is 14.4 Å². The maximum absolute atomic E-state index is 12.0. The molecule has 0 spiro atoms. The van der Waals surface area contributed by atoms with Gasteiger partial charge < -0.3 is 15.4 Å². The Hall–Kier alpha value is -3.15. The van der Waals surface area contributed by atoms with Crippen LogP contribution in [0.15, 0.2) is 54.6 Å². The van der Waals surface area contributed by atoms with Crippen LogP contribution in [-0.2, 0) is 25.5 Å². The number of aryl methyl sites for hydroxylation is 1. The van der Waals surface area contributed by atoms with Crippen LogP contribution in [0.2, 0.25) is 0 Å². The monoisotopic (exact) mass is 410 g/mol. The molecule has 0 fully saturated rings. The van der Waals surface area contributed by atoms with Crippen LogP contribution < -0.4 is 10.6 Å². The third-order valence-corrected chi connectivity index (χ3v) is 4.46. The van der Waals surface area contributed by atoms with E-state index in [2.05, 4.69) is 22.8 Å². The molecule has 0 aliphatic carbocycles. The van der Waals surface area contributed by atoms with E-state index in [1.807, 2.05) is 32.0 Å². The summed E-state index contributed by atoms with van der Waals surface area (Å²) in [6, 6.07) is 17.0. The van der Waals surface area contributed by atoms with Crippen molar-refractivity contribution >= 4 is 29.2 Å². The average Bonchev–Trinajstić information content (AvgIpc) is 2.73. The lowest BCUT2D eigenvalue weighted by molar-refractivity contribution is -0.143. The second-order valence-electron chi connectivity index (χ2n) is 7.43. The van der Waals surface area contributed by atoms with E-state index in [1.54, 1.807) is 24.3 Å². The molecule has 2 N–H and O–H groups in total. The molecule has 2 aromatic carbocycles. The van der Waals surface area contributed by atoms with E-state index in [4.69, 9.17) is 4.74 Å². The Bertz CT molecular complexity index is 817. The Kier molecular flexibility index (Phi) is 9.58. The average molecular weight is 411 g/mol. The van der Waals surface area contributed by atoms with Gasteiger partial charge in [-0.1, -0.05) is 44.2 Å². The standard InChI is InChI=1S/C24H30N2O4/c1-18(2)24(29)26-21-15-13-20(14-16-21)25-22(27)11-6-12-23(28)30-17-7-10-19-8-4-3-5-9-19/h3-5,8-9,13-16,18H,6-7,10-12,17H2,1-2H3,(H,25,27)(H,26,29). The highest BCUT2D eigenvalue weighted by molar-refractivity contribution is 5.93. The highest BCUT2D eigenvalue weighted by Crippen LogP contribution is 2.15. The molecule has 2 rings (SSSR count). The topological polar surface area (TPSA) is 84.5 Å². The largest absolute Gasteiger partial charge is 0.466 e. The van der Waals surface area contributed by atoms with E-state index in [9.17, 15) is 14.4 Å². The number of nitrogens with one attached hydrogen (secondary N) is 2. The van der Waals surface area contributed by atoms with Gasteiger partial charge in [-0.25, -0.2) is 0 Å². The lowest BCUT2D eigenvalue weighted by atomic mass is 10.1. The van der Waals surface area contributed by atoms with Gasteiger partial charge in [-0.2, -0.15) is 0 Å². The SMILES string of the molecule is CC(C)C(=O)Nc1ccc(NC(=O)CCCC(=O)OCCCc2ccccc2)cc1. The number of esters is 1. The maximum Gasteiger partial charge on any atom is 0.305 e. The number of ether oxygens (including phenoxy) is 1. The second-order valence-corrected chi connectivity index (χ2v) is 7.43. The van der Waals surface area contributed by atoms with Crippen molar-refractivity contribution in [1.29, 1.82) is 0 Å².